The van der Waals surface area contributed by atoms with Gasteiger partial charge in [0.05, 0.1) is 13.0 Å². The highest BCUT2D eigenvalue weighted by Gasteiger charge is 2.43. The first-order valence-corrected chi connectivity index (χ1v) is 9.27. The largest absolute Gasteiger partial charge is 0.469 e. The average molecular weight is 371 g/mol. The van der Waals surface area contributed by atoms with Gasteiger partial charge in [0.15, 0.2) is 5.69 Å². The first kappa shape index (κ1) is 17.7. The molecule has 1 aromatic heterocycles. The molecular formula is C20H22FN3O3. The van der Waals surface area contributed by atoms with Crippen LogP contribution in [0.3, 0.4) is 0 Å². The Balaban J connectivity index is 1.63. The lowest BCUT2D eigenvalue weighted by Gasteiger charge is -2.17. The number of nitrogens with zero attached hydrogens (tertiary/aromatic N) is 2. The quantitative estimate of drug-likeness (QED) is 0.841. The Morgan fingerprint density at radius 2 is 2.00 bits per heavy atom. The van der Waals surface area contributed by atoms with Crippen molar-refractivity contribution in [2.24, 2.45) is 5.92 Å². The fraction of sp³-hybridized carbons (Fsp3) is 0.450. The predicted octanol–water partition coefficient (Wildman–Crippen LogP) is 2.46. The number of ether oxygens (including phenoxy) is 1. The number of aromatic amines is 1. The van der Waals surface area contributed by atoms with E-state index in [1.54, 1.807) is 23.1 Å². The molecule has 1 aromatic carbocycles. The van der Waals surface area contributed by atoms with Crippen LogP contribution in [0.1, 0.15) is 46.1 Å². The van der Waals surface area contributed by atoms with Crippen molar-refractivity contribution in [2.45, 2.75) is 31.6 Å². The number of carbonyl (C=O) groups excluding carboxylic acids is 2. The molecule has 1 N–H and O–H groups in total. The lowest BCUT2D eigenvalue weighted by molar-refractivity contribution is -0.145. The smallest absolute Gasteiger partial charge is 0.311 e. The highest BCUT2D eigenvalue weighted by Crippen LogP contribution is 2.36. The number of fused-ring (bicyclic) bond motifs is 1. The number of amides is 1. The van der Waals surface area contributed by atoms with Crippen molar-refractivity contribution in [1.82, 2.24) is 15.1 Å². The number of aryl methyl sites for hydroxylation is 1. The van der Waals surface area contributed by atoms with Crippen molar-refractivity contribution >= 4 is 11.9 Å². The molecule has 0 spiro atoms. The summed E-state index contributed by atoms with van der Waals surface area (Å²) >= 11 is 0. The van der Waals surface area contributed by atoms with Gasteiger partial charge in [-0.3, -0.25) is 14.7 Å². The van der Waals surface area contributed by atoms with E-state index in [0.29, 0.717) is 11.3 Å². The second-order valence-electron chi connectivity index (χ2n) is 7.20. The van der Waals surface area contributed by atoms with E-state index in [2.05, 4.69) is 10.2 Å². The number of nitrogens with one attached hydrogen (secondary N) is 1. The topological polar surface area (TPSA) is 75.3 Å². The molecule has 27 heavy (non-hydrogen) atoms. The van der Waals surface area contributed by atoms with Gasteiger partial charge in [0.2, 0.25) is 0 Å². The second-order valence-corrected chi connectivity index (χ2v) is 7.20. The summed E-state index contributed by atoms with van der Waals surface area (Å²) in [4.78, 5) is 27.0. The van der Waals surface area contributed by atoms with Gasteiger partial charge in [-0.25, -0.2) is 4.39 Å². The molecule has 142 valence electrons. The zero-order chi connectivity index (χ0) is 19.0. The van der Waals surface area contributed by atoms with E-state index < -0.39 is 17.8 Å². The maximum Gasteiger partial charge on any atom is 0.311 e. The lowest BCUT2D eigenvalue weighted by Crippen LogP contribution is -2.31. The predicted molar refractivity (Wildman–Crippen MR) is 95.8 cm³/mol. The Bertz CT molecular complexity index is 879. The van der Waals surface area contributed by atoms with Crippen molar-refractivity contribution in [2.75, 3.05) is 20.2 Å². The number of methoxy groups -OCH3 is 1. The molecule has 0 unspecified atom stereocenters. The summed E-state index contributed by atoms with van der Waals surface area (Å²) in [7, 11) is 1.31. The van der Waals surface area contributed by atoms with Crippen LogP contribution in [0.5, 0.6) is 0 Å². The normalized spacial score (nSPS) is 21.8. The van der Waals surface area contributed by atoms with E-state index in [4.69, 9.17) is 4.74 Å². The maximum atomic E-state index is 14.3. The molecule has 1 aliphatic carbocycles. The first-order chi connectivity index (χ1) is 13.1. The van der Waals surface area contributed by atoms with Gasteiger partial charge in [0, 0.05) is 30.3 Å². The number of hydrogen-bond acceptors (Lipinski definition) is 4. The monoisotopic (exact) mass is 371 g/mol. The number of carbonyl (C=O) groups is 2. The van der Waals surface area contributed by atoms with Crippen LogP contribution in [0.2, 0.25) is 0 Å². The van der Waals surface area contributed by atoms with E-state index in [1.807, 2.05) is 0 Å². The molecule has 2 heterocycles. The molecule has 0 saturated carbocycles. The van der Waals surface area contributed by atoms with Crippen LogP contribution in [0.25, 0.3) is 0 Å². The van der Waals surface area contributed by atoms with Crippen LogP contribution < -0.4 is 0 Å². The third-order valence-electron chi connectivity index (χ3n) is 5.67. The SMILES string of the molecule is COC(=O)[C@H]1CN(C(=O)c2n[nH]c3c2CCCC3)C[C@@H]1c1ccccc1F. The van der Waals surface area contributed by atoms with Gasteiger partial charge in [0.1, 0.15) is 5.82 Å². The second kappa shape index (κ2) is 7.13. The Kier molecular flexibility index (Phi) is 4.68. The minimum Gasteiger partial charge on any atom is -0.469 e. The van der Waals surface area contributed by atoms with E-state index >= 15 is 0 Å². The maximum absolute atomic E-state index is 14.3. The van der Waals surface area contributed by atoms with Crippen molar-refractivity contribution in [3.05, 3.63) is 52.6 Å². The number of likely N-dealkylation sites (tertiary alicyclic amines) is 1. The number of hydrogen-bond donors (Lipinski definition) is 1. The third-order valence-corrected chi connectivity index (χ3v) is 5.67. The minimum atomic E-state index is -0.592. The average Bonchev–Trinajstić information content (AvgIpc) is 3.32. The highest BCUT2D eigenvalue weighted by atomic mass is 19.1. The van der Waals surface area contributed by atoms with Gasteiger partial charge < -0.3 is 9.64 Å². The van der Waals surface area contributed by atoms with Crippen LogP contribution >= 0.6 is 0 Å². The van der Waals surface area contributed by atoms with E-state index in [0.717, 1.165) is 36.9 Å². The zero-order valence-electron chi connectivity index (χ0n) is 15.2. The Morgan fingerprint density at radius 3 is 2.78 bits per heavy atom. The number of halogens is 1. The van der Waals surface area contributed by atoms with Crippen LogP contribution in [-0.2, 0) is 22.4 Å². The molecule has 2 aromatic rings. The molecular weight excluding hydrogens is 349 g/mol. The molecule has 2 atom stereocenters. The fourth-order valence-electron chi connectivity index (χ4n) is 4.26. The number of H-pyrrole nitrogens is 1. The van der Waals surface area contributed by atoms with Crippen LogP contribution in [0, 0.1) is 11.7 Å². The minimum absolute atomic E-state index is 0.201. The van der Waals surface area contributed by atoms with Gasteiger partial charge in [-0.05, 0) is 37.3 Å². The van der Waals surface area contributed by atoms with Crippen LogP contribution in [-0.4, -0.2) is 47.2 Å². The molecule has 6 nitrogen and oxygen atoms in total. The summed E-state index contributed by atoms with van der Waals surface area (Å²) in [5, 5.41) is 7.22. The summed E-state index contributed by atoms with van der Waals surface area (Å²) in [6, 6.07) is 6.39. The lowest BCUT2D eigenvalue weighted by atomic mass is 9.88. The van der Waals surface area contributed by atoms with Crippen molar-refractivity contribution in [1.29, 1.82) is 0 Å². The Morgan fingerprint density at radius 1 is 1.22 bits per heavy atom. The first-order valence-electron chi connectivity index (χ1n) is 9.27. The standard InChI is InChI=1S/C20H22FN3O3/c1-27-20(26)15-11-24(10-14(15)12-6-2-4-8-16(12)21)19(25)18-13-7-3-5-9-17(13)22-23-18/h2,4,6,8,14-15H,3,5,7,9-11H2,1H3,(H,22,23)/t14-,15+/m1/s1. The fourth-order valence-corrected chi connectivity index (χ4v) is 4.26. The zero-order valence-corrected chi connectivity index (χ0v) is 15.2. The van der Waals surface area contributed by atoms with Crippen molar-refractivity contribution in [3.63, 3.8) is 0 Å². The Hall–Kier alpha value is -2.70. The molecule has 2 aliphatic rings. The van der Waals surface area contributed by atoms with Gasteiger partial charge in [-0.1, -0.05) is 18.2 Å². The van der Waals surface area contributed by atoms with Crippen LogP contribution in [0.4, 0.5) is 4.39 Å². The highest BCUT2D eigenvalue weighted by molar-refractivity contribution is 5.95. The van der Waals surface area contributed by atoms with Gasteiger partial charge >= 0.3 is 5.97 Å². The van der Waals surface area contributed by atoms with Gasteiger partial charge in [-0.2, -0.15) is 5.10 Å². The number of rotatable bonds is 3. The molecule has 0 bridgehead atoms. The van der Waals surface area contributed by atoms with Crippen molar-refractivity contribution < 1.29 is 18.7 Å². The number of esters is 1. The van der Waals surface area contributed by atoms with Gasteiger partial charge in [0.25, 0.3) is 5.91 Å². The molecule has 1 amide bonds. The number of aromatic nitrogens is 2. The molecule has 1 fully saturated rings. The molecule has 1 aliphatic heterocycles. The van der Waals surface area contributed by atoms with E-state index in [9.17, 15) is 14.0 Å². The number of benzene rings is 1. The molecule has 0 radical (unpaired) electrons. The third kappa shape index (κ3) is 3.11. The van der Waals surface area contributed by atoms with E-state index in [-0.39, 0.29) is 24.8 Å². The summed E-state index contributed by atoms with van der Waals surface area (Å²) in [5.74, 6) is -2.03. The van der Waals surface area contributed by atoms with E-state index in [1.165, 1.54) is 13.2 Å². The van der Waals surface area contributed by atoms with Gasteiger partial charge in [-0.15, -0.1) is 0 Å². The molecule has 1 saturated heterocycles. The summed E-state index contributed by atoms with van der Waals surface area (Å²) in [6.07, 6.45) is 3.86. The Labute approximate surface area is 156 Å². The summed E-state index contributed by atoms with van der Waals surface area (Å²) in [6.45, 7) is 0.466. The summed E-state index contributed by atoms with van der Waals surface area (Å²) < 4.78 is 19.2. The van der Waals surface area contributed by atoms with Crippen molar-refractivity contribution in [3.8, 4) is 0 Å². The molecule has 7 heteroatoms. The van der Waals surface area contributed by atoms with Crippen LogP contribution in [0.15, 0.2) is 24.3 Å². The molecule has 4 rings (SSSR count). The summed E-state index contributed by atoms with van der Waals surface area (Å²) in [5.41, 5.74) is 2.88.